The zero-order chi connectivity index (χ0) is 17.2. The fourth-order valence-corrected chi connectivity index (χ4v) is 3.91. The molecule has 0 bridgehead atoms. The molecule has 2 rings (SSSR count). The zero-order valence-electron chi connectivity index (χ0n) is 13.9. The molecule has 1 aliphatic heterocycles. The Kier molecular flexibility index (Phi) is 5.28. The minimum Gasteiger partial charge on any atom is -0.465 e. The quantitative estimate of drug-likeness (QED) is 0.757. The number of ether oxygens (including phenoxy) is 1. The average molecular weight is 341 g/mol. The molecular weight excluding hydrogens is 318 g/mol. The van der Waals surface area contributed by atoms with Gasteiger partial charge in [-0.1, -0.05) is 0 Å². The minimum absolute atomic E-state index is 0.128. The predicted molar refractivity (Wildman–Crippen MR) is 88.8 cm³/mol. The first-order valence-electron chi connectivity index (χ1n) is 7.40. The highest BCUT2D eigenvalue weighted by Gasteiger charge is 2.33. The SMILES string of the molecule is COC(=O)c1ccc(N2CCN(S(=O)(=O)N(C)C)[C@@H](C)C2)cc1. The topological polar surface area (TPSA) is 70.2 Å². The lowest BCUT2D eigenvalue weighted by Crippen LogP contribution is -2.56. The largest absolute Gasteiger partial charge is 0.465 e. The predicted octanol–water partition coefficient (Wildman–Crippen LogP) is 0.790. The van der Waals surface area contributed by atoms with Crippen LogP contribution >= 0.6 is 0 Å². The van der Waals surface area contributed by atoms with Crippen molar-refractivity contribution in [1.29, 1.82) is 0 Å². The average Bonchev–Trinajstić information content (AvgIpc) is 2.53. The number of hydrogen-bond donors (Lipinski definition) is 0. The number of esters is 1. The van der Waals surface area contributed by atoms with E-state index in [1.165, 1.54) is 15.7 Å². The number of methoxy groups -OCH3 is 1. The Bertz CT molecular complexity index is 658. The van der Waals surface area contributed by atoms with Crippen molar-refractivity contribution in [2.24, 2.45) is 0 Å². The molecule has 1 aromatic rings. The van der Waals surface area contributed by atoms with Crippen LogP contribution in [0, 0.1) is 0 Å². The zero-order valence-corrected chi connectivity index (χ0v) is 14.7. The highest BCUT2D eigenvalue weighted by atomic mass is 32.2. The summed E-state index contributed by atoms with van der Waals surface area (Å²) in [5.74, 6) is -0.369. The second kappa shape index (κ2) is 6.86. The Hall–Kier alpha value is -1.64. The lowest BCUT2D eigenvalue weighted by Gasteiger charge is -2.40. The van der Waals surface area contributed by atoms with Gasteiger partial charge in [0.05, 0.1) is 12.7 Å². The van der Waals surface area contributed by atoms with Crippen molar-refractivity contribution >= 4 is 21.9 Å². The summed E-state index contributed by atoms with van der Waals surface area (Å²) < 4.78 is 32.0. The Balaban J connectivity index is 2.10. The van der Waals surface area contributed by atoms with Crippen molar-refractivity contribution in [3.05, 3.63) is 29.8 Å². The molecule has 0 aromatic heterocycles. The summed E-state index contributed by atoms with van der Waals surface area (Å²) in [5.41, 5.74) is 1.46. The summed E-state index contributed by atoms with van der Waals surface area (Å²) >= 11 is 0. The molecule has 1 saturated heterocycles. The molecule has 8 heteroatoms. The van der Waals surface area contributed by atoms with Gasteiger partial charge in [-0.05, 0) is 31.2 Å². The van der Waals surface area contributed by atoms with E-state index in [0.717, 1.165) is 5.69 Å². The molecule has 0 radical (unpaired) electrons. The smallest absolute Gasteiger partial charge is 0.337 e. The molecule has 128 valence electrons. The number of carbonyl (C=O) groups is 1. The molecule has 1 atom stereocenters. The van der Waals surface area contributed by atoms with Crippen LogP contribution in [0.25, 0.3) is 0 Å². The Morgan fingerprint density at radius 3 is 2.30 bits per heavy atom. The lowest BCUT2D eigenvalue weighted by molar-refractivity contribution is 0.0600. The Morgan fingerprint density at radius 2 is 1.83 bits per heavy atom. The van der Waals surface area contributed by atoms with Gasteiger partial charge in [-0.2, -0.15) is 17.0 Å². The van der Waals surface area contributed by atoms with Gasteiger partial charge in [0.15, 0.2) is 0 Å². The van der Waals surface area contributed by atoms with Crippen molar-refractivity contribution in [3.63, 3.8) is 0 Å². The molecular formula is C15H23N3O4S. The number of benzene rings is 1. The van der Waals surface area contributed by atoms with E-state index in [2.05, 4.69) is 9.64 Å². The third-order valence-electron chi connectivity index (χ3n) is 3.98. The van der Waals surface area contributed by atoms with Gasteiger partial charge in [-0.3, -0.25) is 0 Å². The molecule has 0 unspecified atom stereocenters. The van der Waals surface area contributed by atoms with Gasteiger partial charge in [-0.25, -0.2) is 4.79 Å². The molecule has 0 spiro atoms. The van der Waals surface area contributed by atoms with Crippen LogP contribution in [0.2, 0.25) is 0 Å². The number of piperazine rings is 1. The summed E-state index contributed by atoms with van der Waals surface area (Å²) in [6, 6.07) is 7.02. The van der Waals surface area contributed by atoms with Crippen molar-refractivity contribution in [3.8, 4) is 0 Å². The maximum atomic E-state index is 12.3. The fraction of sp³-hybridized carbons (Fsp3) is 0.533. The number of anilines is 1. The molecule has 0 N–H and O–H groups in total. The second-order valence-electron chi connectivity index (χ2n) is 5.73. The third-order valence-corrected chi connectivity index (χ3v) is 6.04. The van der Waals surface area contributed by atoms with Crippen LogP contribution in [0.15, 0.2) is 24.3 Å². The van der Waals surface area contributed by atoms with E-state index < -0.39 is 10.2 Å². The molecule has 7 nitrogen and oxygen atoms in total. The molecule has 1 aliphatic rings. The van der Waals surface area contributed by atoms with Crippen LogP contribution in [0.1, 0.15) is 17.3 Å². The monoisotopic (exact) mass is 341 g/mol. The summed E-state index contributed by atoms with van der Waals surface area (Å²) in [6.07, 6.45) is 0. The maximum absolute atomic E-state index is 12.3. The fourth-order valence-electron chi connectivity index (χ4n) is 2.65. The lowest BCUT2D eigenvalue weighted by atomic mass is 10.1. The summed E-state index contributed by atoms with van der Waals surface area (Å²) in [6.45, 7) is 3.54. The van der Waals surface area contributed by atoms with Crippen LogP contribution < -0.4 is 4.90 Å². The van der Waals surface area contributed by atoms with Gasteiger partial charge in [0, 0.05) is 45.5 Å². The highest BCUT2D eigenvalue weighted by molar-refractivity contribution is 7.86. The summed E-state index contributed by atoms with van der Waals surface area (Å²) in [4.78, 5) is 13.6. The standard InChI is InChI=1S/C15H23N3O4S/c1-12-11-17(9-10-18(12)23(20,21)16(2)3)14-7-5-13(6-8-14)15(19)22-4/h5-8,12H,9-11H2,1-4H3/t12-/m0/s1. The first-order chi connectivity index (χ1) is 10.8. The van der Waals surface area contributed by atoms with E-state index in [-0.39, 0.29) is 12.0 Å². The Morgan fingerprint density at radius 1 is 1.22 bits per heavy atom. The highest BCUT2D eigenvalue weighted by Crippen LogP contribution is 2.22. The van der Waals surface area contributed by atoms with E-state index >= 15 is 0 Å². The molecule has 1 aromatic carbocycles. The molecule has 1 fully saturated rings. The maximum Gasteiger partial charge on any atom is 0.337 e. The van der Waals surface area contributed by atoms with Gasteiger partial charge < -0.3 is 9.64 Å². The number of carbonyl (C=O) groups excluding carboxylic acids is 1. The van der Waals surface area contributed by atoms with E-state index in [1.807, 2.05) is 19.1 Å². The van der Waals surface area contributed by atoms with Crippen LogP contribution in [0.3, 0.4) is 0 Å². The summed E-state index contributed by atoms with van der Waals surface area (Å²) in [5, 5.41) is 0. The number of nitrogens with zero attached hydrogens (tertiary/aromatic N) is 3. The van der Waals surface area contributed by atoms with Gasteiger partial charge in [0.1, 0.15) is 0 Å². The van der Waals surface area contributed by atoms with Crippen LogP contribution in [-0.2, 0) is 14.9 Å². The van der Waals surface area contributed by atoms with Gasteiger partial charge in [0.2, 0.25) is 0 Å². The summed E-state index contributed by atoms with van der Waals surface area (Å²) in [7, 11) is 1.04. The first kappa shape index (κ1) is 17.7. The van der Waals surface area contributed by atoms with E-state index in [1.54, 1.807) is 26.2 Å². The van der Waals surface area contributed by atoms with Crippen LogP contribution in [-0.4, -0.2) is 69.9 Å². The molecule has 0 saturated carbocycles. The normalized spacial score (nSPS) is 19.9. The van der Waals surface area contributed by atoms with E-state index in [0.29, 0.717) is 25.2 Å². The minimum atomic E-state index is -3.40. The first-order valence-corrected chi connectivity index (χ1v) is 8.79. The Labute approximate surface area is 137 Å². The van der Waals surface area contributed by atoms with Crippen LogP contribution in [0.5, 0.6) is 0 Å². The second-order valence-corrected chi connectivity index (χ2v) is 7.83. The molecule has 0 amide bonds. The van der Waals surface area contributed by atoms with Crippen molar-refractivity contribution < 1.29 is 17.9 Å². The van der Waals surface area contributed by atoms with Crippen molar-refractivity contribution in [1.82, 2.24) is 8.61 Å². The third kappa shape index (κ3) is 3.65. The van der Waals surface area contributed by atoms with E-state index in [9.17, 15) is 13.2 Å². The molecule has 23 heavy (non-hydrogen) atoms. The van der Waals surface area contributed by atoms with Crippen molar-refractivity contribution in [2.75, 3.05) is 45.7 Å². The number of rotatable bonds is 4. The van der Waals surface area contributed by atoms with Gasteiger partial charge >= 0.3 is 5.97 Å². The van der Waals surface area contributed by atoms with Gasteiger partial charge in [0.25, 0.3) is 10.2 Å². The number of hydrogen-bond acceptors (Lipinski definition) is 5. The van der Waals surface area contributed by atoms with E-state index in [4.69, 9.17) is 0 Å². The van der Waals surface area contributed by atoms with Crippen molar-refractivity contribution in [2.45, 2.75) is 13.0 Å². The van der Waals surface area contributed by atoms with Gasteiger partial charge in [-0.15, -0.1) is 0 Å². The van der Waals surface area contributed by atoms with Crippen LogP contribution in [0.4, 0.5) is 5.69 Å². The molecule has 1 heterocycles. The molecule has 0 aliphatic carbocycles.